The van der Waals surface area contributed by atoms with Gasteiger partial charge in [0.05, 0.1) is 12.7 Å². The van der Waals surface area contributed by atoms with Crippen molar-refractivity contribution in [3.8, 4) is 0 Å². The van der Waals surface area contributed by atoms with Crippen LogP contribution in [0, 0.1) is 5.82 Å². The maximum absolute atomic E-state index is 13.6. The fourth-order valence-corrected chi connectivity index (χ4v) is 2.26. The van der Waals surface area contributed by atoms with Gasteiger partial charge in [0, 0.05) is 17.1 Å². The molecule has 0 bridgehead atoms. The largest absolute Gasteiger partial charge is 0.367 e. The molecule has 0 heterocycles. The third-order valence-electron chi connectivity index (χ3n) is 3.20. The molecule has 0 amide bonds. The summed E-state index contributed by atoms with van der Waals surface area (Å²) in [6.07, 6.45) is -0.164. The number of hydrogen-bond acceptors (Lipinski definition) is 2. The van der Waals surface area contributed by atoms with Crippen molar-refractivity contribution in [2.75, 3.05) is 13.1 Å². The quantitative estimate of drug-likeness (QED) is 0.821. The molecule has 2 aromatic rings. The lowest BCUT2D eigenvalue weighted by molar-refractivity contribution is 0.0386. The Bertz CT molecular complexity index is 576. The van der Waals surface area contributed by atoms with Gasteiger partial charge in [0.25, 0.3) is 0 Å². The van der Waals surface area contributed by atoms with Crippen LogP contribution in [0.15, 0.2) is 48.5 Å². The molecule has 21 heavy (non-hydrogen) atoms. The summed E-state index contributed by atoms with van der Waals surface area (Å²) in [5.74, 6) is -0.245. The monoisotopic (exact) mass is 307 g/mol. The minimum absolute atomic E-state index is 0.164. The normalized spacial score (nSPS) is 12.3. The Kier molecular flexibility index (Phi) is 6.18. The lowest BCUT2D eigenvalue weighted by Gasteiger charge is -2.19. The van der Waals surface area contributed by atoms with E-state index in [1.54, 1.807) is 18.2 Å². The van der Waals surface area contributed by atoms with Crippen LogP contribution in [0.5, 0.6) is 0 Å². The van der Waals surface area contributed by atoms with Crippen LogP contribution in [-0.4, -0.2) is 13.1 Å². The summed E-state index contributed by atoms with van der Waals surface area (Å²) in [7, 11) is 0. The zero-order valence-corrected chi connectivity index (χ0v) is 12.7. The van der Waals surface area contributed by atoms with E-state index in [9.17, 15) is 4.39 Å². The van der Waals surface area contributed by atoms with Gasteiger partial charge in [-0.1, -0.05) is 48.9 Å². The van der Waals surface area contributed by atoms with Gasteiger partial charge in [0.1, 0.15) is 5.82 Å². The topological polar surface area (TPSA) is 21.3 Å². The summed E-state index contributed by atoms with van der Waals surface area (Å²) >= 11 is 6.03. The zero-order valence-electron chi connectivity index (χ0n) is 12.0. The molecule has 0 spiro atoms. The molecule has 0 saturated carbocycles. The fourth-order valence-electron chi connectivity index (χ4n) is 2.06. The lowest BCUT2D eigenvalue weighted by atomic mass is 10.1. The van der Waals surface area contributed by atoms with Crippen LogP contribution in [0.25, 0.3) is 0 Å². The van der Waals surface area contributed by atoms with Gasteiger partial charge in [-0.3, -0.25) is 0 Å². The average molecular weight is 308 g/mol. The maximum atomic E-state index is 13.6. The Morgan fingerprint density at radius 1 is 1.19 bits per heavy atom. The van der Waals surface area contributed by atoms with Crippen molar-refractivity contribution >= 4 is 11.6 Å². The summed E-state index contributed by atoms with van der Waals surface area (Å²) in [5.41, 5.74) is 1.54. The fraction of sp³-hybridized carbons (Fsp3) is 0.294. The van der Waals surface area contributed by atoms with Gasteiger partial charge in [0.15, 0.2) is 0 Å². The smallest absolute Gasteiger partial charge is 0.128 e. The minimum Gasteiger partial charge on any atom is -0.367 e. The van der Waals surface area contributed by atoms with E-state index in [0.29, 0.717) is 17.1 Å². The van der Waals surface area contributed by atoms with Crippen molar-refractivity contribution in [1.29, 1.82) is 0 Å². The third kappa shape index (κ3) is 4.81. The Hall–Kier alpha value is -1.42. The SMILES string of the molecule is CCNCC(OCc1ccccc1F)c1cccc(Cl)c1. The molecule has 1 unspecified atom stereocenters. The number of hydrogen-bond donors (Lipinski definition) is 1. The van der Waals surface area contributed by atoms with E-state index >= 15 is 0 Å². The van der Waals surface area contributed by atoms with Crippen molar-refractivity contribution in [3.63, 3.8) is 0 Å². The number of benzene rings is 2. The number of ether oxygens (including phenoxy) is 1. The molecular formula is C17H19ClFNO. The molecule has 4 heteroatoms. The van der Waals surface area contributed by atoms with Gasteiger partial charge in [-0.25, -0.2) is 4.39 Å². The molecule has 0 aliphatic carbocycles. The number of nitrogens with one attached hydrogen (secondary N) is 1. The highest BCUT2D eigenvalue weighted by molar-refractivity contribution is 6.30. The molecule has 2 nitrogen and oxygen atoms in total. The van der Waals surface area contributed by atoms with E-state index in [1.807, 2.05) is 31.2 Å². The maximum Gasteiger partial charge on any atom is 0.128 e. The summed E-state index contributed by atoms with van der Waals surface area (Å²) in [6.45, 7) is 3.77. The average Bonchev–Trinajstić information content (AvgIpc) is 2.49. The molecule has 0 aliphatic rings. The molecule has 2 rings (SSSR count). The minimum atomic E-state index is -0.245. The van der Waals surface area contributed by atoms with Gasteiger partial charge < -0.3 is 10.1 Å². The van der Waals surface area contributed by atoms with Crippen LogP contribution in [0.4, 0.5) is 4.39 Å². The Labute approximate surface area is 129 Å². The van der Waals surface area contributed by atoms with Crippen LogP contribution < -0.4 is 5.32 Å². The molecule has 0 fully saturated rings. The van der Waals surface area contributed by atoms with Gasteiger partial charge in [-0.05, 0) is 30.3 Å². The van der Waals surface area contributed by atoms with Gasteiger partial charge in [-0.2, -0.15) is 0 Å². The molecule has 2 aromatic carbocycles. The van der Waals surface area contributed by atoms with E-state index < -0.39 is 0 Å². The summed E-state index contributed by atoms with van der Waals surface area (Å²) < 4.78 is 19.5. The number of halogens is 2. The Morgan fingerprint density at radius 2 is 2.00 bits per heavy atom. The van der Waals surface area contributed by atoms with Crippen LogP contribution in [0.3, 0.4) is 0 Å². The highest BCUT2D eigenvalue weighted by atomic mass is 35.5. The van der Waals surface area contributed by atoms with Gasteiger partial charge in [-0.15, -0.1) is 0 Å². The third-order valence-corrected chi connectivity index (χ3v) is 3.43. The summed E-state index contributed by atoms with van der Waals surface area (Å²) in [6, 6.07) is 14.2. The predicted octanol–water partition coefficient (Wildman–Crippen LogP) is 4.35. The first-order chi connectivity index (χ1) is 10.2. The van der Waals surface area contributed by atoms with Crippen molar-refractivity contribution < 1.29 is 9.13 Å². The molecule has 1 N–H and O–H groups in total. The standard InChI is InChI=1S/C17H19ClFNO/c1-2-20-11-17(13-7-5-8-15(18)10-13)21-12-14-6-3-4-9-16(14)19/h3-10,17,20H,2,11-12H2,1H3. The van der Waals surface area contributed by atoms with E-state index in [0.717, 1.165) is 12.1 Å². The molecule has 0 saturated heterocycles. The van der Waals surface area contributed by atoms with Crippen molar-refractivity contribution in [3.05, 3.63) is 70.5 Å². The lowest BCUT2D eigenvalue weighted by Crippen LogP contribution is -2.23. The van der Waals surface area contributed by atoms with Gasteiger partial charge in [0.2, 0.25) is 0 Å². The summed E-state index contributed by atoms with van der Waals surface area (Å²) in [4.78, 5) is 0. The first-order valence-electron chi connectivity index (χ1n) is 7.02. The second-order valence-electron chi connectivity index (χ2n) is 4.75. The van der Waals surface area contributed by atoms with Crippen molar-refractivity contribution in [1.82, 2.24) is 5.32 Å². The van der Waals surface area contributed by atoms with Crippen LogP contribution >= 0.6 is 11.6 Å². The molecule has 0 aliphatic heterocycles. The molecule has 112 valence electrons. The molecule has 1 atom stereocenters. The van der Waals surface area contributed by atoms with E-state index in [2.05, 4.69) is 5.32 Å². The first kappa shape index (κ1) is 16.0. The van der Waals surface area contributed by atoms with E-state index in [-0.39, 0.29) is 18.5 Å². The van der Waals surface area contributed by atoms with E-state index in [4.69, 9.17) is 16.3 Å². The van der Waals surface area contributed by atoms with Crippen LogP contribution in [-0.2, 0) is 11.3 Å². The van der Waals surface area contributed by atoms with Crippen molar-refractivity contribution in [2.24, 2.45) is 0 Å². The van der Waals surface area contributed by atoms with Crippen molar-refractivity contribution in [2.45, 2.75) is 19.6 Å². The molecule has 0 aromatic heterocycles. The number of rotatable bonds is 7. The highest BCUT2D eigenvalue weighted by Gasteiger charge is 2.13. The predicted molar refractivity (Wildman–Crippen MR) is 83.9 cm³/mol. The Balaban J connectivity index is 2.08. The Morgan fingerprint density at radius 3 is 2.71 bits per heavy atom. The molecule has 0 radical (unpaired) electrons. The summed E-state index contributed by atoms with van der Waals surface area (Å²) in [5, 5.41) is 3.93. The van der Waals surface area contributed by atoms with Crippen LogP contribution in [0.1, 0.15) is 24.2 Å². The number of likely N-dealkylation sites (N-methyl/N-ethyl adjacent to an activating group) is 1. The van der Waals surface area contributed by atoms with Crippen LogP contribution in [0.2, 0.25) is 5.02 Å². The first-order valence-corrected chi connectivity index (χ1v) is 7.39. The highest BCUT2D eigenvalue weighted by Crippen LogP contribution is 2.22. The zero-order chi connectivity index (χ0) is 15.1. The molecular weight excluding hydrogens is 289 g/mol. The second-order valence-corrected chi connectivity index (χ2v) is 5.19. The van der Waals surface area contributed by atoms with Gasteiger partial charge >= 0.3 is 0 Å². The second kappa shape index (κ2) is 8.13. The van der Waals surface area contributed by atoms with E-state index in [1.165, 1.54) is 6.07 Å².